The molecular formula is C10H12O2. The highest BCUT2D eigenvalue weighted by molar-refractivity contribution is 5.50. The van der Waals surface area contributed by atoms with Gasteiger partial charge in [-0.25, -0.2) is 0 Å². The van der Waals surface area contributed by atoms with E-state index >= 15 is 0 Å². The lowest BCUT2D eigenvalue weighted by Crippen LogP contribution is -2.25. The molecule has 0 saturated heterocycles. The lowest BCUT2D eigenvalue weighted by Gasteiger charge is -2.06. The summed E-state index contributed by atoms with van der Waals surface area (Å²) in [4.78, 5) is 0. The summed E-state index contributed by atoms with van der Waals surface area (Å²) in [6, 6.07) is 0. The molecule has 0 bridgehead atoms. The van der Waals surface area contributed by atoms with Gasteiger partial charge in [0, 0.05) is 5.22 Å². The minimum atomic E-state index is -0.164. The van der Waals surface area contributed by atoms with E-state index in [1.54, 1.807) is 6.92 Å². The molecule has 0 atom stereocenters. The summed E-state index contributed by atoms with van der Waals surface area (Å²) < 4.78 is 0. The normalized spacial score (nSPS) is 10.2. The van der Waals surface area contributed by atoms with Crippen molar-refractivity contribution in [2.45, 2.75) is 13.8 Å². The maximum Gasteiger partial charge on any atom is 0.165 e. The van der Waals surface area contributed by atoms with Gasteiger partial charge in [-0.3, -0.25) is 0 Å². The first-order valence-electron chi connectivity index (χ1n) is 3.65. The highest BCUT2D eigenvalue weighted by Gasteiger charge is 2.07. The maximum absolute atomic E-state index is 9.37. The topological polar surface area (TPSA) is 40.5 Å². The molecule has 0 aromatic heterocycles. The van der Waals surface area contributed by atoms with E-state index in [-0.39, 0.29) is 11.5 Å². The van der Waals surface area contributed by atoms with Crippen LogP contribution in [0.1, 0.15) is 11.1 Å². The molecule has 2 N–H and O–H groups in total. The summed E-state index contributed by atoms with van der Waals surface area (Å²) in [5.41, 5.74) is 1.53. The summed E-state index contributed by atoms with van der Waals surface area (Å²) in [6.45, 7) is 10.9. The quantitative estimate of drug-likeness (QED) is 0.549. The van der Waals surface area contributed by atoms with Crippen molar-refractivity contribution in [2.24, 2.45) is 0 Å². The molecule has 0 heterocycles. The molecule has 0 unspecified atom stereocenters. The van der Waals surface area contributed by atoms with Crippen molar-refractivity contribution in [3.05, 3.63) is 21.6 Å². The van der Waals surface area contributed by atoms with E-state index in [4.69, 9.17) is 0 Å². The molecule has 0 radical (unpaired) electrons. The second-order valence-electron chi connectivity index (χ2n) is 2.90. The first-order chi connectivity index (χ1) is 5.46. The molecule has 0 fully saturated rings. The Morgan fingerprint density at radius 1 is 0.833 bits per heavy atom. The molecule has 2 nitrogen and oxygen atoms in total. The van der Waals surface area contributed by atoms with Crippen LogP contribution in [0.15, 0.2) is 0 Å². The zero-order valence-corrected chi connectivity index (χ0v) is 7.31. The number of hydrogen-bond donors (Lipinski definition) is 2. The SMILES string of the molecule is C=c1c(C)c(C)c(O)c(O)c1=C. The van der Waals surface area contributed by atoms with E-state index in [1.165, 1.54) is 0 Å². The second kappa shape index (κ2) is 2.55. The van der Waals surface area contributed by atoms with E-state index in [9.17, 15) is 10.2 Å². The van der Waals surface area contributed by atoms with Gasteiger partial charge in [0.25, 0.3) is 0 Å². The van der Waals surface area contributed by atoms with Crippen LogP contribution < -0.4 is 10.4 Å². The van der Waals surface area contributed by atoms with Crippen LogP contribution in [0, 0.1) is 13.8 Å². The molecule has 64 valence electrons. The van der Waals surface area contributed by atoms with Gasteiger partial charge < -0.3 is 10.2 Å². The third kappa shape index (κ3) is 0.961. The Hall–Kier alpha value is -1.44. The van der Waals surface area contributed by atoms with Crippen molar-refractivity contribution in [1.82, 2.24) is 0 Å². The minimum absolute atomic E-state index is 0.0927. The van der Waals surface area contributed by atoms with Gasteiger partial charge in [0.15, 0.2) is 11.5 Å². The zero-order chi connectivity index (χ0) is 9.46. The molecule has 0 spiro atoms. The fourth-order valence-corrected chi connectivity index (χ4v) is 1.09. The fourth-order valence-electron chi connectivity index (χ4n) is 1.09. The number of phenols is 2. The van der Waals surface area contributed by atoms with Crippen molar-refractivity contribution in [3.8, 4) is 11.5 Å². The molecule has 0 aliphatic heterocycles. The van der Waals surface area contributed by atoms with E-state index in [2.05, 4.69) is 13.2 Å². The average molecular weight is 164 g/mol. The van der Waals surface area contributed by atoms with Gasteiger partial charge in [-0.05, 0) is 30.2 Å². The molecule has 1 aromatic rings. The Balaban J connectivity index is 3.86. The highest BCUT2D eigenvalue weighted by atomic mass is 16.3. The van der Waals surface area contributed by atoms with Gasteiger partial charge in [0.05, 0.1) is 0 Å². The van der Waals surface area contributed by atoms with E-state index in [0.717, 1.165) is 5.56 Å². The van der Waals surface area contributed by atoms with Gasteiger partial charge in [-0.2, -0.15) is 0 Å². The molecule has 0 amide bonds. The lowest BCUT2D eigenvalue weighted by molar-refractivity contribution is 0.397. The zero-order valence-electron chi connectivity index (χ0n) is 7.31. The third-order valence-corrected chi connectivity index (χ3v) is 2.24. The molecule has 0 aliphatic carbocycles. The van der Waals surface area contributed by atoms with E-state index in [0.29, 0.717) is 16.0 Å². The van der Waals surface area contributed by atoms with E-state index < -0.39 is 0 Å². The Bertz CT molecular complexity index is 378. The standard InChI is InChI=1S/C10H12O2/c1-5-6(2)8(4)10(12)9(11)7(5)3/h11-12H,1,3H2,2,4H3. The molecular weight excluding hydrogens is 152 g/mol. The highest BCUT2D eigenvalue weighted by Crippen LogP contribution is 2.24. The Morgan fingerprint density at radius 2 is 1.33 bits per heavy atom. The van der Waals surface area contributed by atoms with Crippen LogP contribution in [0.2, 0.25) is 0 Å². The van der Waals surface area contributed by atoms with Crippen LogP contribution in [0.4, 0.5) is 0 Å². The van der Waals surface area contributed by atoms with Crippen molar-refractivity contribution < 1.29 is 10.2 Å². The van der Waals surface area contributed by atoms with Gasteiger partial charge >= 0.3 is 0 Å². The lowest BCUT2D eigenvalue weighted by atomic mass is 10.0. The van der Waals surface area contributed by atoms with Crippen molar-refractivity contribution >= 4 is 13.2 Å². The van der Waals surface area contributed by atoms with Gasteiger partial charge in [-0.1, -0.05) is 13.2 Å². The summed E-state index contributed by atoms with van der Waals surface area (Å²) in [5.74, 6) is -0.256. The summed E-state index contributed by atoms with van der Waals surface area (Å²) in [7, 11) is 0. The van der Waals surface area contributed by atoms with Crippen LogP contribution in [0.25, 0.3) is 13.2 Å². The molecule has 0 aliphatic rings. The van der Waals surface area contributed by atoms with Crippen LogP contribution in [0.5, 0.6) is 11.5 Å². The molecule has 0 saturated carbocycles. The third-order valence-electron chi connectivity index (χ3n) is 2.24. The Kier molecular flexibility index (Phi) is 1.84. The second-order valence-corrected chi connectivity index (χ2v) is 2.90. The van der Waals surface area contributed by atoms with Crippen LogP contribution in [-0.4, -0.2) is 10.2 Å². The Labute approximate surface area is 71.1 Å². The van der Waals surface area contributed by atoms with E-state index in [1.807, 2.05) is 6.92 Å². The minimum Gasteiger partial charge on any atom is -0.504 e. The van der Waals surface area contributed by atoms with Crippen molar-refractivity contribution in [3.63, 3.8) is 0 Å². The number of benzene rings is 1. The monoisotopic (exact) mass is 164 g/mol. The number of aromatic hydroxyl groups is 2. The van der Waals surface area contributed by atoms with Gasteiger partial charge in [0.2, 0.25) is 0 Å². The van der Waals surface area contributed by atoms with Gasteiger partial charge in [0.1, 0.15) is 0 Å². The molecule has 12 heavy (non-hydrogen) atoms. The molecule has 1 rings (SSSR count). The predicted octanol–water partition coefficient (Wildman–Crippen LogP) is 0.535. The summed E-state index contributed by atoms with van der Waals surface area (Å²) in [6.07, 6.45) is 0. The van der Waals surface area contributed by atoms with Crippen LogP contribution in [-0.2, 0) is 0 Å². The van der Waals surface area contributed by atoms with Gasteiger partial charge in [-0.15, -0.1) is 0 Å². The summed E-state index contributed by atoms with van der Waals surface area (Å²) >= 11 is 0. The predicted molar refractivity (Wildman–Crippen MR) is 49.5 cm³/mol. The largest absolute Gasteiger partial charge is 0.504 e. The first-order valence-corrected chi connectivity index (χ1v) is 3.65. The van der Waals surface area contributed by atoms with Crippen molar-refractivity contribution in [2.75, 3.05) is 0 Å². The first kappa shape index (κ1) is 8.65. The van der Waals surface area contributed by atoms with Crippen LogP contribution in [0.3, 0.4) is 0 Å². The van der Waals surface area contributed by atoms with Crippen LogP contribution >= 0.6 is 0 Å². The van der Waals surface area contributed by atoms with Crippen molar-refractivity contribution in [1.29, 1.82) is 0 Å². The number of phenolic OH excluding ortho intramolecular Hbond substituents is 2. The smallest absolute Gasteiger partial charge is 0.165 e. The number of hydrogen-bond acceptors (Lipinski definition) is 2. The Morgan fingerprint density at radius 3 is 1.83 bits per heavy atom. The number of rotatable bonds is 0. The average Bonchev–Trinajstić information content (AvgIpc) is 2.08. The fraction of sp³-hybridized carbons (Fsp3) is 0.200. The molecule has 2 heteroatoms. The molecule has 1 aromatic carbocycles. The summed E-state index contributed by atoms with van der Waals surface area (Å²) in [5, 5.41) is 19.8. The maximum atomic E-state index is 9.37.